The molecule has 1 aromatic rings. The fourth-order valence-electron chi connectivity index (χ4n) is 3.06. The molecule has 4 nitrogen and oxygen atoms in total. The molecule has 116 valence electrons. The van der Waals surface area contributed by atoms with E-state index in [0.29, 0.717) is 6.04 Å². The normalized spacial score (nSPS) is 18.0. The lowest BCUT2D eigenvalue weighted by Gasteiger charge is -2.38. The first-order valence-corrected chi connectivity index (χ1v) is 7.94. The molecule has 0 aliphatic carbocycles. The number of likely N-dealkylation sites (tertiary alicyclic amines) is 1. The number of amides is 1. The van der Waals surface area contributed by atoms with Crippen LogP contribution in [0.3, 0.4) is 0 Å². The minimum atomic E-state index is -0.381. The number of rotatable bonds is 5. The molecule has 2 rings (SSSR count). The Kier molecular flexibility index (Phi) is 5.76. The molecule has 1 atom stereocenters. The van der Waals surface area contributed by atoms with Crippen LogP contribution in [-0.4, -0.2) is 47.4 Å². The molecule has 21 heavy (non-hydrogen) atoms. The van der Waals surface area contributed by atoms with Crippen LogP contribution in [0.1, 0.15) is 32.3 Å². The third-order valence-corrected chi connectivity index (χ3v) is 4.32. The first-order chi connectivity index (χ1) is 10.1. The summed E-state index contributed by atoms with van der Waals surface area (Å²) in [4.78, 5) is 16.4. The van der Waals surface area contributed by atoms with E-state index in [1.54, 1.807) is 6.92 Å². The van der Waals surface area contributed by atoms with E-state index < -0.39 is 0 Å². The second-order valence-corrected chi connectivity index (χ2v) is 5.89. The Morgan fingerprint density at radius 3 is 2.48 bits per heavy atom. The number of hydrogen-bond donors (Lipinski definition) is 1. The van der Waals surface area contributed by atoms with Crippen molar-refractivity contribution in [1.29, 1.82) is 0 Å². The molecular formula is C17H27N3O. The summed E-state index contributed by atoms with van der Waals surface area (Å²) < 4.78 is 0. The lowest BCUT2D eigenvalue weighted by Crippen LogP contribution is -2.50. The van der Waals surface area contributed by atoms with Gasteiger partial charge in [0.15, 0.2) is 0 Å². The maximum Gasteiger partial charge on any atom is 0.239 e. The van der Waals surface area contributed by atoms with Crippen LogP contribution in [0, 0.1) is 0 Å². The van der Waals surface area contributed by atoms with Crippen molar-refractivity contribution in [1.82, 2.24) is 9.80 Å². The van der Waals surface area contributed by atoms with E-state index in [9.17, 15) is 4.79 Å². The zero-order chi connectivity index (χ0) is 15.2. The second-order valence-electron chi connectivity index (χ2n) is 5.89. The zero-order valence-electron chi connectivity index (χ0n) is 13.2. The van der Waals surface area contributed by atoms with Gasteiger partial charge in [-0.2, -0.15) is 0 Å². The maximum atomic E-state index is 11.9. The van der Waals surface area contributed by atoms with Crippen molar-refractivity contribution >= 4 is 5.91 Å². The molecule has 0 aromatic heterocycles. The van der Waals surface area contributed by atoms with Crippen LogP contribution < -0.4 is 5.73 Å². The van der Waals surface area contributed by atoms with Crippen molar-refractivity contribution < 1.29 is 4.79 Å². The molecule has 0 bridgehead atoms. The summed E-state index contributed by atoms with van der Waals surface area (Å²) in [6.45, 7) is 7.67. The quantitative estimate of drug-likeness (QED) is 0.900. The number of benzene rings is 1. The minimum Gasteiger partial charge on any atom is -0.341 e. The molecule has 2 N–H and O–H groups in total. The molecule has 1 fully saturated rings. The molecule has 1 amide bonds. The fourth-order valence-corrected chi connectivity index (χ4v) is 3.06. The molecule has 1 aliphatic rings. The van der Waals surface area contributed by atoms with Gasteiger partial charge in [-0.05, 0) is 31.9 Å². The monoisotopic (exact) mass is 289 g/mol. The highest BCUT2D eigenvalue weighted by Gasteiger charge is 2.27. The predicted molar refractivity (Wildman–Crippen MR) is 85.8 cm³/mol. The molecule has 1 saturated heterocycles. The summed E-state index contributed by atoms with van der Waals surface area (Å²) in [6.07, 6.45) is 2.08. The number of nitrogens with two attached hydrogens (primary N) is 1. The maximum absolute atomic E-state index is 11.9. The van der Waals surface area contributed by atoms with Crippen molar-refractivity contribution in [2.24, 2.45) is 5.73 Å². The van der Waals surface area contributed by atoms with E-state index in [1.807, 2.05) is 4.90 Å². The number of piperidine rings is 1. The number of carbonyl (C=O) groups is 1. The summed E-state index contributed by atoms with van der Waals surface area (Å²) >= 11 is 0. The van der Waals surface area contributed by atoms with Crippen molar-refractivity contribution in [3.8, 4) is 0 Å². The van der Waals surface area contributed by atoms with E-state index in [2.05, 4.69) is 42.2 Å². The van der Waals surface area contributed by atoms with Gasteiger partial charge in [0, 0.05) is 25.7 Å². The van der Waals surface area contributed by atoms with Crippen LogP contribution in [0.5, 0.6) is 0 Å². The van der Waals surface area contributed by atoms with E-state index >= 15 is 0 Å². The zero-order valence-corrected chi connectivity index (χ0v) is 13.2. The van der Waals surface area contributed by atoms with E-state index in [-0.39, 0.29) is 11.9 Å². The Hall–Kier alpha value is -1.39. The van der Waals surface area contributed by atoms with Gasteiger partial charge >= 0.3 is 0 Å². The highest BCUT2D eigenvalue weighted by molar-refractivity contribution is 5.81. The Bertz CT molecular complexity index is 439. The standard InChI is InChI=1S/C17H27N3O/c1-3-19(13-15-7-5-4-6-8-15)16-9-11-20(12-10-16)17(21)14(2)18/h4-8,14,16H,3,9-13,18H2,1-2H3/t14-/m0/s1. The lowest BCUT2D eigenvalue weighted by atomic mass is 10.0. The van der Waals surface area contributed by atoms with Crippen LogP contribution in [0.25, 0.3) is 0 Å². The van der Waals surface area contributed by atoms with Crippen LogP contribution in [0.4, 0.5) is 0 Å². The van der Waals surface area contributed by atoms with Gasteiger partial charge in [0.05, 0.1) is 6.04 Å². The van der Waals surface area contributed by atoms with Crippen LogP contribution in [0.2, 0.25) is 0 Å². The van der Waals surface area contributed by atoms with E-state index in [0.717, 1.165) is 39.0 Å². The summed E-state index contributed by atoms with van der Waals surface area (Å²) in [5.41, 5.74) is 7.04. The van der Waals surface area contributed by atoms with Crippen LogP contribution >= 0.6 is 0 Å². The van der Waals surface area contributed by atoms with Crippen molar-refractivity contribution in [2.45, 2.75) is 45.3 Å². The molecule has 1 aliphatic heterocycles. The average Bonchev–Trinajstić information content (AvgIpc) is 2.53. The minimum absolute atomic E-state index is 0.0829. The molecule has 0 saturated carbocycles. The molecule has 1 aromatic carbocycles. The van der Waals surface area contributed by atoms with Gasteiger partial charge in [0.1, 0.15) is 0 Å². The summed E-state index contributed by atoms with van der Waals surface area (Å²) in [5.74, 6) is 0.0829. The van der Waals surface area contributed by atoms with Crippen molar-refractivity contribution in [3.63, 3.8) is 0 Å². The lowest BCUT2D eigenvalue weighted by molar-refractivity contribution is -0.133. The van der Waals surface area contributed by atoms with Gasteiger partial charge in [-0.15, -0.1) is 0 Å². The highest BCUT2D eigenvalue weighted by Crippen LogP contribution is 2.19. The van der Waals surface area contributed by atoms with Gasteiger partial charge in [-0.25, -0.2) is 0 Å². The fraction of sp³-hybridized carbons (Fsp3) is 0.588. The number of nitrogens with zero attached hydrogens (tertiary/aromatic N) is 2. The molecular weight excluding hydrogens is 262 g/mol. The largest absolute Gasteiger partial charge is 0.341 e. The van der Waals surface area contributed by atoms with E-state index in [1.165, 1.54) is 5.56 Å². The van der Waals surface area contributed by atoms with Gasteiger partial charge in [0.25, 0.3) is 0 Å². The third kappa shape index (κ3) is 4.29. The van der Waals surface area contributed by atoms with Crippen molar-refractivity contribution in [3.05, 3.63) is 35.9 Å². The summed E-state index contributed by atoms with van der Waals surface area (Å²) in [7, 11) is 0. The SMILES string of the molecule is CCN(Cc1ccccc1)C1CCN(C(=O)[C@H](C)N)CC1. The van der Waals surface area contributed by atoms with Gasteiger partial charge < -0.3 is 10.6 Å². The van der Waals surface area contributed by atoms with Gasteiger partial charge in [-0.3, -0.25) is 9.69 Å². The Balaban J connectivity index is 1.89. The molecule has 0 spiro atoms. The van der Waals surface area contributed by atoms with Crippen LogP contribution in [0.15, 0.2) is 30.3 Å². The Morgan fingerprint density at radius 2 is 1.95 bits per heavy atom. The molecule has 1 heterocycles. The number of hydrogen-bond acceptors (Lipinski definition) is 3. The third-order valence-electron chi connectivity index (χ3n) is 4.32. The molecule has 4 heteroatoms. The van der Waals surface area contributed by atoms with Gasteiger partial charge in [-0.1, -0.05) is 37.3 Å². The predicted octanol–water partition coefficient (Wildman–Crippen LogP) is 1.85. The smallest absolute Gasteiger partial charge is 0.239 e. The highest BCUT2D eigenvalue weighted by atomic mass is 16.2. The first-order valence-electron chi connectivity index (χ1n) is 7.94. The molecule has 0 unspecified atom stereocenters. The first kappa shape index (κ1) is 16.0. The average molecular weight is 289 g/mol. The summed E-state index contributed by atoms with van der Waals surface area (Å²) in [6, 6.07) is 10.8. The van der Waals surface area contributed by atoms with E-state index in [4.69, 9.17) is 5.73 Å². The van der Waals surface area contributed by atoms with Gasteiger partial charge in [0.2, 0.25) is 5.91 Å². The van der Waals surface area contributed by atoms with Crippen LogP contribution in [-0.2, 0) is 11.3 Å². The van der Waals surface area contributed by atoms with Crippen molar-refractivity contribution in [2.75, 3.05) is 19.6 Å². The Labute approximate surface area is 127 Å². The number of carbonyl (C=O) groups excluding carboxylic acids is 1. The summed E-state index contributed by atoms with van der Waals surface area (Å²) in [5, 5.41) is 0. The topological polar surface area (TPSA) is 49.6 Å². The molecule has 0 radical (unpaired) electrons. The second kappa shape index (κ2) is 7.57. The Morgan fingerprint density at radius 1 is 1.33 bits per heavy atom.